The van der Waals surface area contributed by atoms with Gasteiger partial charge in [-0.1, -0.05) is 41.4 Å². The van der Waals surface area contributed by atoms with Crippen molar-refractivity contribution in [3.05, 3.63) is 76.5 Å². The quantitative estimate of drug-likeness (QED) is 0.689. The Hall–Kier alpha value is -2.52. The molecule has 1 aromatic heterocycles. The highest BCUT2D eigenvalue weighted by Crippen LogP contribution is 2.30. The van der Waals surface area contributed by atoms with E-state index in [0.717, 1.165) is 34.6 Å². The number of hydrogen-bond acceptors (Lipinski definition) is 1. The molecule has 2 aromatic carbocycles. The van der Waals surface area contributed by atoms with Crippen molar-refractivity contribution in [2.24, 2.45) is 0 Å². The zero-order chi connectivity index (χ0) is 17.4. The summed E-state index contributed by atoms with van der Waals surface area (Å²) in [5, 5.41) is 1.90. The molecule has 0 atom stereocenters. The van der Waals surface area contributed by atoms with Gasteiger partial charge in [0.05, 0.1) is 0 Å². The fraction of sp³-hybridized carbons (Fsp3) is 0.190. The number of hydrogen-bond donors (Lipinski definition) is 1. The Morgan fingerprint density at radius 2 is 1.96 bits per heavy atom. The Morgan fingerprint density at radius 1 is 1.16 bits per heavy atom. The lowest BCUT2D eigenvalue weighted by Gasteiger charge is -2.26. The van der Waals surface area contributed by atoms with Gasteiger partial charge in [0.15, 0.2) is 0 Å². The standard InChI is InChI=1S/C21H19ClN2O/c1-14-2-4-16(5-3-14)21(25)24-10-8-15(9-11-24)19-13-23-20-12-17(22)6-7-18(19)20/h2-8,12-13,23H,9-11H2,1H3. The van der Waals surface area contributed by atoms with Crippen LogP contribution in [0.5, 0.6) is 0 Å². The normalized spacial score (nSPS) is 14.6. The minimum atomic E-state index is 0.0982. The molecule has 4 rings (SSSR count). The summed E-state index contributed by atoms with van der Waals surface area (Å²) in [7, 11) is 0. The van der Waals surface area contributed by atoms with Gasteiger partial charge in [-0.25, -0.2) is 0 Å². The molecule has 25 heavy (non-hydrogen) atoms. The van der Waals surface area contributed by atoms with E-state index in [0.29, 0.717) is 6.54 Å². The van der Waals surface area contributed by atoms with Crippen molar-refractivity contribution in [2.45, 2.75) is 13.3 Å². The van der Waals surface area contributed by atoms with Crippen LogP contribution in [0, 0.1) is 6.92 Å². The van der Waals surface area contributed by atoms with Gasteiger partial charge in [-0.2, -0.15) is 0 Å². The van der Waals surface area contributed by atoms with Crippen LogP contribution in [-0.2, 0) is 0 Å². The van der Waals surface area contributed by atoms with Crippen LogP contribution in [0.3, 0.4) is 0 Å². The van der Waals surface area contributed by atoms with Crippen LogP contribution in [0.25, 0.3) is 16.5 Å². The molecule has 126 valence electrons. The van der Waals surface area contributed by atoms with Gasteiger partial charge in [0, 0.05) is 46.3 Å². The summed E-state index contributed by atoms with van der Waals surface area (Å²) in [6.45, 7) is 3.40. The molecule has 3 aromatic rings. The van der Waals surface area contributed by atoms with Crippen molar-refractivity contribution < 1.29 is 4.79 Å². The maximum Gasteiger partial charge on any atom is 0.254 e. The Bertz CT molecular complexity index is 969. The van der Waals surface area contributed by atoms with E-state index in [9.17, 15) is 4.79 Å². The number of H-pyrrole nitrogens is 1. The SMILES string of the molecule is Cc1ccc(C(=O)N2CC=C(c3c[nH]c4cc(Cl)ccc34)CC2)cc1. The Balaban J connectivity index is 1.55. The van der Waals surface area contributed by atoms with E-state index in [1.165, 1.54) is 16.5 Å². The van der Waals surface area contributed by atoms with Crippen molar-refractivity contribution in [3.8, 4) is 0 Å². The van der Waals surface area contributed by atoms with E-state index in [2.05, 4.69) is 11.1 Å². The number of halogens is 1. The largest absolute Gasteiger partial charge is 0.361 e. The minimum Gasteiger partial charge on any atom is -0.361 e. The molecule has 0 saturated heterocycles. The molecule has 0 radical (unpaired) electrons. The molecule has 0 bridgehead atoms. The number of benzene rings is 2. The summed E-state index contributed by atoms with van der Waals surface area (Å²) in [6.07, 6.45) is 5.05. The molecule has 0 fully saturated rings. The fourth-order valence-corrected chi connectivity index (χ4v) is 3.51. The number of nitrogens with one attached hydrogen (secondary N) is 1. The molecular formula is C21H19ClN2O. The second kappa shape index (κ2) is 6.41. The first kappa shape index (κ1) is 16.0. The van der Waals surface area contributed by atoms with Gasteiger partial charge in [-0.15, -0.1) is 0 Å². The number of aromatic amines is 1. The van der Waals surface area contributed by atoms with Crippen LogP contribution in [-0.4, -0.2) is 28.9 Å². The number of aryl methyl sites for hydroxylation is 1. The lowest BCUT2D eigenvalue weighted by atomic mass is 9.98. The van der Waals surface area contributed by atoms with Crippen LogP contribution >= 0.6 is 11.6 Å². The van der Waals surface area contributed by atoms with E-state index in [4.69, 9.17) is 11.6 Å². The molecule has 1 aliphatic rings. The fourth-order valence-electron chi connectivity index (χ4n) is 3.34. The van der Waals surface area contributed by atoms with Crippen LogP contribution in [0.2, 0.25) is 5.02 Å². The number of carbonyl (C=O) groups excluding carboxylic acids is 1. The minimum absolute atomic E-state index is 0.0982. The molecule has 0 unspecified atom stereocenters. The maximum atomic E-state index is 12.6. The van der Waals surface area contributed by atoms with Crippen molar-refractivity contribution in [1.82, 2.24) is 9.88 Å². The monoisotopic (exact) mass is 350 g/mol. The van der Waals surface area contributed by atoms with Gasteiger partial charge in [-0.05, 0) is 43.2 Å². The average Bonchev–Trinajstić information content (AvgIpc) is 3.05. The van der Waals surface area contributed by atoms with E-state index >= 15 is 0 Å². The van der Waals surface area contributed by atoms with Crippen molar-refractivity contribution in [2.75, 3.05) is 13.1 Å². The van der Waals surface area contributed by atoms with Crippen LogP contribution in [0.4, 0.5) is 0 Å². The number of rotatable bonds is 2. The highest BCUT2D eigenvalue weighted by atomic mass is 35.5. The number of aromatic nitrogens is 1. The van der Waals surface area contributed by atoms with Gasteiger partial charge in [0.2, 0.25) is 0 Å². The second-order valence-corrected chi connectivity index (χ2v) is 6.93. The molecule has 0 saturated carbocycles. The van der Waals surface area contributed by atoms with Gasteiger partial charge >= 0.3 is 0 Å². The molecule has 0 aliphatic carbocycles. The predicted molar refractivity (Wildman–Crippen MR) is 103 cm³/mol. The summed E-state index contributed by atoms with van der Waals surface area (Å²) in [5.41, 5.74) is 5.44. The molecule has 1 aliphatic heterocycles. The molecule has 0 spiro atoms. The number of nitrogens with zero attached hydrogens (tertiary/aromatic N) is 1. The predicted octanol–water partition coefficient (Wildman–Crippen LogP) is 5.06. The van der Waals surface area contributed by atoms with E-state index in [1.54, 1.807) is 0 Å². The van der Waals surface area contributed by atoms with Gasteiger partial charge in [0.25, 0.3) is 5.91 Å². The second-order valence-electron chi connectivity index (χ2n) is 6.49. The third-order valence-electron chi connectivity index (χ3n) is 4.78. The van der Waals surface area contributed by atoms with E-state index in [-0.39, 0.29) is 5.91 Å². The third-order valence-corrected chi connectivity index (χ3v) is 5.02. The van der Waals surface area contributed by atoms with Gasteiger partial charge in [-0.3, -0.25) is 4.79 Å². The summed E-state index contributed by atoms with van der Waals surface area (Å²) in [6, 6.07) is 13.7. The lowest BCUT2D eigenvalue weighted by Crippen LogP contribution is -2.34. The van der Waals surface area contributed by atoms with Gasteiger partial charge in [0.1, 0.15) is 0 Å². The Kier molecular flexibility index (Phi) is 4.10. The smallest absolute Gasteiger partial charge is 0.254 e. The first-order valence-electron chi connectivity index (χ1n) is 8.44. The topological polar surface area (TPSA) is 36.1 Å². The summed E-state index contributed by atoms with van der Waals surface area (Å²) >= 11 is 6.06. The zero-order valence-electron chi connectivity index (χ0n) is 14.1. The maximum absolute atomic E-state index is 12.6. The average molecular weight is 351 g/mol. The van der Waals surface area contributed by atoms with Crippen molar-refractivity contribution in [3.63, 3.8) is 0 Å². The van der Waals surface area contributed by atoms with Crippen molar-refractivity contribution in [1.29, 1.82) is 0 Å². The van der Waals surface area contributed by atoms with Gasteiger partial charge < -0.3 is 9.88 Å². The molecule has 1 N–H and O–H groups in total. The summed E-state index contributed by atoms with van der Waals surface area (Å²) in [5.74, 6) is 0.0982. The molecule has 2 heterocycles. The molecular weight excluding hydrogens is 332 g/mol. The van der Waals surface area contributed by atoms with E-state index in [1.807, 2.05) is 60.5 Å². The number of amides is 1. The molecule has 4 heteroatoms. The molecule has 3 nitrogen and oxygen atoms in total. The number of fused-ring (bicyclic) bond motifs is 1. The first-order chi connectivity index (χ1) is 12.1. The third kappa shape index (κ3) is 3.08. The molecule has 1 amide bonds. The highest BCUT2D eigenvalue weighted by molar-refractivity contribution is 6.31. The highest BCUT2D eigenvalue weighted by Gasteiger charge is 2.20. The van der Waals surface area contributed by atoms with Crippen LogP contribution in [0.1, 0.15) is 27.9 Å². The van der Waals surface area contributed by atoms with Crippen LogP contribution < -0.4 is 0 Å². The number of carbonyl (C=O) groups is 1. The summed E-state index contributed by atoms with van der Waals surface area (Å²) < 4.78 is 0. The zero-order valence-corrected chi connectivity index (χ0v) is 14.8. The lowest BCUT2D eigenvalue weighted by molar-refractivity contribution is 0.0773. The summed E-state index contributed by atoms with van der Waals surface area (Å²) in [4.78, 5) is 17.8. The first-order valence-corrected chi connectivity index (χ1v) is 8.81. The van der Waals surface area contributed by atoms with Crippen LogP contribution in [0.15, 0.2) is 54.7 Å². The Labute approximate surface area is 151 Å². The van der Waals surface area contributed by atoms with Crippen molar-refractivity contribution >= 4 is 34.0 Å². The van der Waals surface area contributed by atoms with E-state index < -0.39 is 0 Å². The Morgan fingerprint density at radius 3 is 2.68 bits per heavy atom.